The first-order chi connectivity index (χ1) is 11.4. The van der Waals surface area contributed by atoms with Crippen molar-refractivity contribution in [1.29, 1.82) is 0 Å². The second-order valence-corrected chi connectivity index (χ2v) is 6.49. The van der Waals surface area contributed by atoms with E-state index in [1.54, 1.807) is 6.92 Å². The molecule has 1 aromatic carbocycles. The van der Waals surface area contributed by atoms with Crippen LogP contribution in [-0.4, -0.2) is 22.5 Å². The predicted octanol–water partition coefficient (Wildman–Crippen LogP) is 2.07. The summed E-state index contributed by atoms with van der Waals surface area (Å²) in [6.07, 6.45) is 1.52. The topological polar surface area (TPSA) is 97.6 Å². The van der Waals surface area contributed by atoms with Crippen LogP contribution in [0.1, 0.15) is 24.8 Å². The highest BCUT2D eigenvalue weighted by atomic mass is 16.6. The van der Waals surface area contributed by atoms with E-state index in [1.807, 2.05) is 0 Å². The molecule has 1 aromatic rings. The Balaban J connectivity index is 1.82. The Morgan fingerprint density at radius 3 is 2.67 bits per heavy atom. The molecule has 7 nitrogen and oxygen atoms in total. The maximum absolute atomic E-state index is 12.8. The summed E-state index contributed by atoms with van der Waals surface area (Å²) in [6.45, 7) is 1.60. The molecule has 2 amide bonds. The fourth-order valence-corrected chi connectivity index (χ4v) is 4.04. The molecule has 2 unspecified atom stereocenters. The van der Waals surface area contributed by atoms with Gasteiger partial charge in [0.2, 0.25) is 5.91 Å². The molecule has 24 heavy (non-hydrogen) atoms. The average molecular weight is 326 g/mol. The number of aryl methyl sites for hydroxylation is 1. The summed E-state index contributed by atoms with van der Waals surface area (Å²) in [6, 6.07) is 4.30. The number of allylic oxidation sites excluding steroid dienone is 1. The average Bonchev–Trinajstić information content (AvgIpc) is 2.81. The first kappa shape index (κ1) is 14.7. The third-order valence-electron chi connectivity index (χ3n) is 5.22. The summed E-state index contributed by atoms with van der Waals surface area (Å²) in [7, 11) is 0. The van der Waals surface area contributed by atoms with Gasteiger partial charge in [-0.2, -0.15) is 0 Å². The second-order valence-electron chi connectivity index (χ2n) is 6.49. The highest BCUT2D eigenvalue weighted by Gasteiger charge is 2.55. The number of hydrogen-bond acceptors (Lipinski definition) is 5. The van der Waals surface area contributed by atoms with Crippen LogP contribution in [0.4, 0.5) is 11.4 Å². The van der Waals surface area contributed by atoms with E-state index < -0.39 is 28.6 Å². The molecule has 2 bridgehead atoms. The molecule has 2 fully saturated rings. The van der Waals surface area contributed by atoms with Gasteiger partial charge < -0.3 is 0 Å². The van der Waals surface area contributed by atoms with E-state index in [2.05, 4.69) is 0 Å². The van der Waals surface area contributed by atoms with Gasteiger partial charge in [0.25, 0.3) is 11.6 Å². The fourth-order valence-electron chi connectivity index (χ4n) is 4.04. The molecular weight excluding hydrogens is 312 g/mol. The lowest BCUT2D eigenvalue weighted by Crippen LogP contribution is -2.38. The number of nitro groups is 1. The Hall–Kier alpha value is -2.83. The van der Waals surface area contributed by atoms with Crippen LogP contribution in [-0.2, 0) is 14.4 Å². The zero-order chi connectivity index (χ0) is 17.2. The molecule has 7 heteroatoms. The second kappa shape index (κ2) is 4.83. The molecule has 4 aliphatic rings. The Morgan fingerprint density at radius 2 is 2.00 bits per heavy atom. The number of amides is 2. The molecule has 1 heterocycles. The van der Waals surface area contributed by atoms with Crippen LogP contribution in [0.15, 0.2) is 29.3 Å². The van der Waals surface area contributed by atoms with Crippen LogP contribution >= 0.6 is 0 Å². The lowest BCUT2D eigenvalue weighted by Gasteiger charge is -2.33. The lowest BCUT2D eigenvalue weighted by molar-refractivity contribution is -0.385. The van der Waals surface area contributed by atoms with Gasteiger partial charge in [-0.05, 0) is 25.8 Å². The number of Topliss-reactive ketones (excluding diaryl/α,β-unsaturated/α-hetero) is 1. The maximum atomic E-state index is 12.8. The first-order valence-corrected chi connectivity index (χ1v) is 7.78. The van der Waals surface area contributed by atoms with Crippen molar-refractivity contribution in [2.45, 2.75) is 26.2 Å². The molecule has 5 rings (SSSR count). The number of rotatable bonds is 2. The summed E-state index contributed by atoms with van der Waals surface area (Å²) in [5.41, 5.74) is 1.71. The van der Waals surface area contributed by atoms with Gasteiger partial charge in [0.05, 0.1) is 16.5 Å². The van der Waals surface area contributed by atoms with Gasteiger partial charge in [0.1, 0.15) is 5.78 Å². The van der Waals surface area contributed by atoms with Crippen LogP contribution in [0.2, 0.25) is 0 Å². The first-order valence-electron chi connectivity index (χ1n) is 7.78. The van der Waals surface area contributed by atoms with Crippen molar-refractivity contribution in [2.75, 3.05) is 4.90 Å². The smallest absolute Gasteiger partial charge is 0.274 e. The summed E-state index contributed by atoms with van der Waals surface area (Å²) >= 11 is 0. The SMILES string of the molecule is Cc1ccc(N2C(=O)C3=C4CCC(C(=O)C4)C3C2=O)cc1[N+](=O)[O-]. The molecule has 1 saturated carbocycles. The van der Waals surface area contributed by atoms with Gasteiger partial charge in [0, 0.05) is 29.5 Å². The number of hydrogen-bond donors (Lipinski definition) is 0. The van der Waals surface area contributed by atoms with Gasteiger partial charge in [-0.15, -0.1) is 0 Å². The van der Waals surface area contributed by atoms with E-state index in [0.29, 0.717) is 24.0 Å². The molecule has 1 saturated heterocycles. The van der Waals surface area contributed by atoms with Gasteiger partial charge in [-0.25, -0.2) is 4.90 Å². The van der Waals surface area contributed by atoms with Crippen LogP contribution in [0, 0.1) is 28.9 Å². The number of carbonyl (C=O) groups excluding carboxylic acids is 3. The third-order valence-corrected chi connectivity index (χ3v) is 5.22. The minimum absolute atomic E-state index is 0.0166. The monoisotopic (exact) mass is 326 g/mol. The molecule has 2 atom stereocenters. The van der Waals surface area contributed by atoms with E-state index >= 15 is 0 Å². The van der Waals surface area contributed by atoms with Gasteiger partial charge in [0.15, 0.2) is 0 Å². The van der Waals surface area contributed by atoms with E-state index in [4.69, 9.17) is 0 Å². The third kappa shape index (κ3) is 1.81. The fraction of sp³-hybridized carbons (Fsp3) is 0.353. The Labute approximate surface area is 137 Å². The Kier molecular flexibility index (Phi) is 2.97. The molecule has 0 spiro atoms. The number of nitrogens with zero attached hydrogens (tertiary/aromatic N) is 2. The Bertz CT molecular complexity index is 870. The van der Waals surface area contributed by atoms with Gasteiger partial charge >= 0.3 is 0 Å². The number of ketones is 1. The summed E-state index contributed by atoms with van der Waals surface area (Å²) < 4.78 is 0. The van der Waals surface area contributed by atoms with Gasteiger partial charge in [-0.1, -0.05) is 11.6 Å². The highest BCUT2D eigenvalue weighted by molar-refractivity contribution is 6.31. The van der Waals surface area contributed by atoms with Crippen molar-refractivity contribution >= 4 is 29.0 Å². The highest BCUT2D eigenvalue weighted by Crippen LogP contribution is 2.48. The largest absolute Gasteiger partial charge is 0.299 e. The number of anilines is 1. The van der Waals surface area contributed by atoms with Crippen LogP contribution in [0.25, 0.3) is 0 Å². The number of benzene rings is 1. The molecule has 0 radical (unpaired) electrons. The molecule has 1 aliphatic heterocycles. The van der Waals surface area contributed by atoms with Crippen molar-refractivity contribution in [2.24, 2.45) is 11.8 Å². The number of nitro benzene ring substituents is 1. The van der Waals surface area contributed by atoms with Crippen molar-refractivity contribution in [3.63, 3.8) is 0 Å². The normalized spacial score (nSPS) is 25.5. The molecule has 0 N–H and O–H groups in total. The molecular formula is C17H14N2O5. The van der Waals surface area contributed by atoms with Crippen molar-refractivity contribution in [3.8, 4) is 0 Å². The number of imide groups is 1. The van der Waals surface area contributed by atoms with Crippen LogP contribution < -0.4 is 4.90 Å². The summed E-state index contributed by atoms with van der Waals surface area (Å²) in [4.78, 5) is 49.2. The van der Waals surface area contributed by atoms with E-state index in [0.717, 1.165) is 10.5 Å². The van der Waals surface area contributed by atoms with Crippen molar-refractivity contribution in [1.82, 2.24) is 0 Å². The van der Waals surface area contributed by atoms with Crippen molar-refractivity contribution in [3.05, 3.63) is 45.0 Å². The number of carbonyl (C=O) groups is 3. The standard InChI is InChI=1S/C17H14N2O5/c1-8-2-4-10(7-12(8)19(23)24)18-16(21)14-9-3-5-11(13(20)6-9)15(14)17(18)22/h2,4,7,11,15H,3,5-6H2,1H3. The molecule has 122 valence electrons. The number of fused-ring (bicyclic) bond motifs is 2. The van der Waals surface area contributed by atoms with Crippen LogP contribution in [0.3, 0.4) is 0 Å². The molecule has 3 aliphatic carbocycles. The van der Waals surface area contributed by atoms with E-state index in [-0.39, 0.29) is 23.6 Å². The Morgan fingerprint density at radius 1 is 1.25 bits per heavy atom. The zero-order valence-corrected chi connectivity index (χ0v) is 12.9. The van der Waals surface area contributed by atoms with Crippen LogP contribution in [0.5, 0.6) is 0 Å². The summed E-state index contributed by atoms with van der Waals surface area (Å²) in [5.74, 6) is -2.00. The van der Waals surface area contributed by atoms with Crippen molar-refractivity contribution < 1.29 is 19.3 Å². The molecule has 0 aromatic heterocycles. The quantitative estimate of drug-likeness (QED) is 0.471. The zero-order valence-electron chi connectivity index (χ0n) is 12.9. The minimum Gasteiger partial charge on any atom is -0.299 e. The summed E-state index contributed by atoms with van der Waals surface area (Å²) in [5, 5.41) is 11.1. The maximum Gasteiger partial charge on any atom is 0.274 e. The van der Waals surface area contributed by atoms with Gasteiger partial charge in [-0.3, -0.25) is 24.5 Å². The van der Waals surface area contributed by atoms with E-state index in [9.17, 15) is 24.5 Å². The minimum atomic E-state index is -0.706. The predicted molar refractivity (Wildman–Crippen MR) is 83.2 cm³/mol. The lowest BCUT2D eigenvalue weighted by atomic mass is 9.67. The van der Waals surface area contributed by atoms with E-state index in [1.165, 1.54) is 18.2 Å².